The number of hydrogen-bond acceptors (Lipinski definition) is 4. The normalized spacial score (nSPS) is 14.8. The Bertz CT molecular complexity index is 1070. The number of rotatable bonds is 6. The molecule has 4 rings (SSSR count). The fourth-order valence-electron chi connectivity index (χ4n) is 4.00. The molecule has 0 aliphatic carbocycles. The second-order valence-corrected chi connectivity index (χ2v) is 9.12. The molecule has 2 aromatic carbocycles. The van der Waals surface area contributed by atoms with Crippen LogP contribution in [0, 0.1) is 6.92 Å². The van der Waals surface area contributed by atoms with Crippen LogP contribution in [0.5, 0.6) is 0 Å². The van der Waals surface area contributed by atoms with Gasteiger partial charge in [0.25, 0.3) is 5.91 Å². The summed E-state index contributed by atoms with van der Waals surface area (Å²) in [6.45, 7) is 6.21. The quantitative estimate of drug-likeness (QED) is 0.555. The van der Waals surface area contributed by atoms with Gasteiger partial charge in [-0.05, 0) is 29.5 Å². The molecule has 1 fully saturated rings. The van der Waals surface area contributed by atoms with Gasteiger partial charge in [0.2, 0.25) is 5.91 Å². The zero-order chi connectivity index (χ0) is 22.5. The SMILES string of the molecule is Cc1c(-c2ccccc2)sc(NC(=O)CC(C)c2ccccc2)c1C(=O)N1CCOCC1. The van der Waals surface area contributed by atoms with E-state index in [1.165, 1.54) is 11.3 Å². The topological polar surface area (TPSA) is 58.6 Å². The van der Waals surface area contributed by atoms with Crippen LogP contribution in [-0.4, -0.2) is 43.0 Å². The molecule has 5 nitrogen and oxygen atoms in total. The lowest BCUT2D eigenvalue weighted by atomic mass is 9.97. The lowest BCUT2D eigenvalue weighted by Crippen LogP contribution is -2.41. The van der Waals surface area contributed by atoms with Gasteiger partial charge >= 0.3 is 0 Å². The van der Waals surface area contributed by atoms with Gasteiger partial charge in [-0.15, -0.1) is 11.3 Å². The van der Waals surface area contributed by atoms with Gasteiger partial charge in [0.15, 0.2) is 0 Å². The number of ether oxygens (including phenoxy) is 1. The minimum Gasteiger partial charge on any atom is -0.378 e. The number of benzene rings is 2. The molecule has 1 aromatic heterocycles. The summed E-state index contributed by atoms with van der Waals surface area (Å²) in [7, 11) is 0. The molecule has 0 radical (unpaired) electrons. The number of carbonyl (C=O) groups is 2. The first-order valence-corrected chi connectivity index (χ1v) is 11.8. The van der Waals surface area contributed by atoms with Crippen molar-refractivity contribution in [1.29, 1.82) is 0 Å². The highest BCUT2D eigenvalue weighted by Gasteiger charge is 2.28. The third-order valence-electron chi connectivity index (χ3n) is 5.81. The first-order valence-electron chi connectivity index (χ1n) is 10.9. The first-order chi connectivity index (χ1) is 15.5. The Kier molecular flexibility index (Phi) is 7.02. The lowest BCUT2D eigenvalue weighted by molar-refractivity contribution is -0.116. The van der Waals surface area contributed by atoms with Crippen LogP contribution in [0.1, 0.15) is 40.7 Å². The Hall–Kier alpha value is -2.96. The van der Waals surface area contributed by atoms with Crippen molar-refractivity contribution in [2.24, 2.45) is 0 Å². The molecule has 1 atom stereocenters. The van der Waals surface area contributed by atoms with Crippen LogP contribution in [0.25, 0.3) is 10.4 Å². The van der Waals surface area contributed by atoms with Crippen molar-refractivity contribution in [3.63, 3.8) is 0 Å². The minimum atomic E-state index is -0.0850. The van der Waals surface area contributed by atoms with E-state index in [0.717, 1.165) is 21.6 Å². The van der Waals surface area contributed by atoms with Crippen molar-refractivity contribution in [3.8, 4) is 10.4 Å². The molecule has 2 heterocycles. The van der Waals surface area contributed by atoms with Gasteiger partial charge in [-0.3, -0.25) is 9.59 Å². The van der Waals surface area contributed by atoms with Crippen LogP contribution in [0.4, 0.5) is 5.00 Å². The van der Waals surface area contributed by atoms with Crippen molar-refractivity contribution in [2.75, 3.05) is 31.6 Å². The molecule has 3 aromatic rings. The molecule has 1 aliphatic heterocycles. The zero-order valence-corrected chi connectivity index (χ0v) is 19.3. The van der Waals surface area contributed by atoms with Crippen molar-refractivity contribution >= 4 is 28.2 Å². The van der Waals surface area contributed by atoms with Crippen molar-refractivity contribution < 1.29 is 14.3 Å². The molecule has 6 heteroatoms. The molecule has 2 amide bonds. The Morgan fingerprint density at radius 2 is 1.66 bits per heavy atom. The summed E-state index contributed by atoms with van der Waals surface area (Å²) in [5.41, 5.74) is 3.67. The highest BCUT2D eigenvalue weighted by molar-refractivity contribution is 7.20. The Morgan fingerprint density at radius 1 is 1.03 bits per heavy atom. The molecule has 166 valence electrons. The van der Waals surface area contributed by atoms with E-state index in [1.54, 1.807) is 0 Å². The number of amides is 2. The summed E-state index contributed by atoms with van der Waals surface area (Å²) in [6, 6.07) is 20.0. The zero-order valence-electron chi connectivity index (χ0n) is 18.5. The fraction of sp³-hybridized carbons (Fsp3) is 0.308. The van der Waals surface area contributed by atoms with Crippen LogP contribution in [0.2, 0.25) is 0 Å². The molecule has 0 saturated carbocycles. The van der Waals surface area contributed by atoms with Gasteiger partial charge in [0.05, 0.1) is 18.8 Å². The van der Waals surface area contributed by atoms with E-state index in [9.17, 15) is 9.59 Å². The van der Waals surface area contributed by atoms with E-state index in [2.05, 4.69) is 5.32 Å². The predicted molar refractivity (Wildman–Crippen MR) is 129 cm³/mol. The monoisotopic (exact) mass is 448 g/mol. The summed E-state index contributed by atoms with van der Waals surface area (Å²) >= 11 is 1.47. The average Bonchev–Trinajstić information content (AvgIpc) is 3.15. The van der Waals surface area contributed by atoms with Crippen LogP contribution in [0.15, 0.2) is 60.7 Å². The van der Waals surface area contributed by atoms with E-state index < -0.39 is 0 Å². The molecule has 1 aliphatic rings. The second-order valence-electron chi connectivity index (χ2n) is 8.09. The first kappa shape index (κ1) is 22.2. The van der Waals surface area contributed by atoms with Gasteiger partial charge < -0.3 is 15.0 Å². The number of morpholine rings is 1. The van der Waals surface area contributed by atoms with E-state index in [1.807, 2.05) is 79.4 Å². The third-order valence-corrected chi connectivity index (χ3v) is 7.06. The van der Waals surface area contributed by atoms with Crippen molar-refractivity contribution in [1.82, 2.24) is 4.90 Å². The number of carbonyl (C=O) groups excluding carboxylic acids is 2. The number of nitrogens with zero attached hydrogens (tertiary/aromatic N) is 1. The molecule has 32 heavy (non-hydrogen) atoms. The van der Waals surface area contributed by atoms with Crippen molar-refractivity contribution in [3.05, 3.63) is 77.4 Å². The fourth-order valence-corrected chi connectivity index (χ4v) is 5.22. The second kappa shape index (κ2) is 10.1. The van der Waals surface area contributed by atoms with E-state index in [-0.39, 0.29) is 17.7 Å². The molecular weight excluding hydrogens is 420 g/mol. The lowest BCUT2D eigenvalue weighted by Gasteiger charge is -2.27. The Balaban J connectivity index is 1.62. The van der Waals surface area contributed by atoms with Gasteiger partial charge in [-0.1, -0.05) is 67.6 Å². The Morgan fingerprint density at radius 3 is 2.31 bits per heavy atom. The summed E-state index contributed by atoms with van der Waals surface area (Å²) in [5.74, 6) is -0.0434. The average molecular weight is 449 g/mol. The summed E-state index contributed by atoms with van der Waals surface area (Å²) in [4.78, 5) is 29.2. The van der Waals surface area contributed by atoms with Crippen LogP contribution in [0.3, 0.4) is 0 Å². The van der Waals surface area contributed by atoms with Gasteiger partial charge in [-0.25, -0.2) is 0 Å². The molecular formula is C26H28N2O3S. The smallest absolute Gasteiger partial charge is 0.257 e. The maximum absolute atomic E-state index is 13.4. The summed E-state index contributed by atoms with van der Waals surface area (Å²) in [6.07, 6.45) is 0.354. The van der Waals surface area contributed by atoms with E-state index >= 15 is 0 Å². The molecule has 0 spiro atoms. The standard InChI is InChI=1S/C26H28N2O3S/c1-18(20-9-5-3-6-10-20)17-22(29)27-25-23(26(30)28-13-15-31-16-14-28)19(2)24(32-25)21-11-7-4-8-12-21/h3-12,18H,13-17H2,1-2H3,(H,27,29). The number of hydrogen-bond donors (Lipinski definition) is 1. The van der Waals surface area contributed by atoms with E-state index in [0.29, 0.717) is 43.3 Å². The molecule has 0 bridgehead atoms. The third kappa shape index (κ3) is 4.92. The molecule has 1 N–H and O–H groups in total. The highest BCUT2D eigenvalue weighted by Crippen LogP contribution is 2.40. The number of nitrogens with one attached hydrogen (secondary N) is 1. The van der Waals surface area contributed by atoms with Crippen molar-refractivity contribution in [2.45, 2.75) is 26.2 Å². The minimum absolute atomic E-state index is 0.0457. The van der Waals surface area contributed by atoms with Crippen LogP contribution >= 0.6 is 11.3 Å². The summed E-state index contributed by atoms with van der Waals surface area (Å²) in [5, 5.41) is 3.69. The van der Waals surface area contributed by atoms with Gasteiger partial charge in [0, 0.05) is 24.4 Å². The number of anilines is 1. The highest BCUT2D eigenvalue weighted by atomic mass is 32.1. The Labute approximate surface area is 193 Å². The largest absolute Gasteiger partial charge is 0.378 e. The maximum Gasteiger partial charge on any atom is 0.257 e. The number of thiophene rings is 1. The van der Waals surface area contributed by atoms with Crippen LogP contribution < -0.4 is 5.32 Å². The molecule has 1 unspecified atom stereocenters. The van der Waals surface area contributed by atoms with Gasteiger partial charge in [-0.2, -0.15) is 0 Å². The summed E-state index contributed by atoms with van der Waals surface area (Å²) < 4.78 is 5.41. The van der Waals surface area contributed by atoms with E-state index in [4.69, 9.17) is 4.74 Å². The van der Waals surface area contributed by atoms with Crippen LogP contribution in [-0.2, 0) is 9.53 Å². The maximum atomic E-state index is 13.4. The van der Waals surface area contributed by atoms with Gasteiger partial charge in [0.1, 0.15) is 5.00 Å². The predicted octanol–water partition coefficient (Wildman–Crippen LogP) is 5.33. The molecule has 1 saturated heterocycles.